The van der Waals surface area contributed by atoms with Gasteiger partial charge in [0.05, 0.1) is 12.2 Å². The molecule has 1 atom stereocenters. The molecule has 2 aromatic rings. The molecule has 1 aliphatic rings. The molecule has 1 aromatic carbocycles. The van der Waals surface area contributed by atoms with Crippen molar-refractivity contribution in [2.45, 2.75) is 12.5 Å². The van der Waals surface area contributed by atoms with Crippen LogP contribution >= 0.6 is 0 Å². The molecule has 0 spiro atoms. The molecule has 22 heavy (non-hydrogen) atoms. The fraction of sp³-hybridized carbons (Fsp3) is 0.294. The van der Waals surface area contributed by atoms with Gasteiger partial charge in [-0.25, -0.2) is 4.99 Å². The molecule has 0 bridgehead atoms. The SMILES string of the molecule is CC(=O)c1cc([C@@]2(c3ccccc3)CN(C)C(N)=N2)cn1C. The predicted octanol–water partition coefficient (Wildman–Crippen LogP) is 1.73. The summed E-state index contributed by atoms with van der Waals surface area (Å²) in [5, 5.41) is 0. The summed E-state index contributed by atoms with van der Waals surface area (Å²) in [6.07, 6.45) is 1.97. The number of ketones is 1. The molecule has 1 aromatic heterocycles. The Balaban J connectivity index is 2.20. The topological polar surface area (TPSA) is 63.6 Å². The Morgan fingerprint density at radius 3 is 2.41 bits per heavy atom. The summed E-state index contributed by atoms with van der Waals surface area (Å²) in [5.74, 6) is 0.553. The molecule has 0 saturated carbocycles. The van der Waals surface area contributed by atoms with E-state index in [1.807, 2.05) is 54.0 Å². The molecule has 0 radical (unpaired) electrons. The summed E-state index contributed by atoms with van der Waals surface area (Å²) in [6, 6.07) is 12.0. The van der Waals surface area contributed by atoms with Gasteiger partial charge in [0.25, 0.3) is 0 Å². The average molecular weight is 296 g/mol. The van der Waals surface area contributed by atoms with E-state index < -0.39 is 5.54 Å². The van der Waals surface area contributed by atoms with Gasteiger partial charge in [-0.2, -0.15) is 0 Å². The van der Waals surface area contributed by atoms with Crippen molar-refractivity contribution in [2.24, 2.45) is 17.8 Å². The van der Waals surface area contributed by atoms with Gasteiger partial charge in [0.2, 0.25) is 0 Å². The Labute approximate surface area is 130 Å². The Morgan fingerprint density at radius 1 is 1.23 bits per heavy atom. The molecule has 3 rings (SSSR count). The lowest BCUT2D eigenvalue weighted by atomic mass is 9.85. The van der Waals surface area contributed by atoms with Gasteiger partial charge in [0, 0.05) is 32.8 Å². The average Bonchev–Trinajstić information content (AvgIpc) is 3.02. The Morgan fingerprint density at radius 2 is 1.91 bits per heavy atom. The fourth-order valence-electron chi connectivity index (χ4n) is 3.07. The zero-order chi connectivity index (χ0) is 15.9. The Hall–Kier alpha value is -2.56. The van der Waals surface area contributed by atoms with Crippen molar-refractivity contribution < 1.29 is 4.79 Å². The number of carbonyl (C=O) groups is 1. The van der Waals surface area contributed by atoms with Gasteiger partial charge < -0.3 is 15.2 Å². The van der Waals surface area contributed by atoms with Crippen molar-refractivity contribution in [2.75, 3.05) is 13.6 Å². The van der Waals surface area contributed by atoms with Crippen LogP contribution in [-0.4, -0.2) is 34.8 Å². The molecule has 0 unspecified atom stereocenters. The maximum absolute atomic E-state index is 11.8. The van der Waals surface area contributed by atoms with Crippen molar-refractivity contribution in [3.63, 3.8) is 0 Å². The minimum Gasteiger partial charge on any atom is -0.370 e. The number of benzene rings is 1. The number of Topliss-reactive ketones (excluding diaryl/α,β-unsaturated/α-hetero) is 1. The van der Waals surface area contributed by atoms with Gasteiger partial charge in [-0.05, 0) is 11.6 Å². The summed E-state index contributed by atoms with van der Waals surface area (Å²) in [4.78, 5) is 18.5. The first-order chi connectivity index (χ1) is 10.4. The van der Waals surface area contributed by atoms with E-state index in [1.165, 1.54) is 0 Å². The standard InChI is InChI=1S/C17H20N4O/c1-12(22)15-9-14(10-20(15)2)17(11-21(3)16(18)19-17)13-7-5-4-6-8-13/h4-10H,11H2,1-3H3,(H2,18,19)/t17-/m0/s1. The minimum atomic E-state index is -0.564. The van der Waals surface area contributed by atoms with Crippen molar-refractivity contribution >= 4 is 11.7 Å². The number of aryl methyl sites for hydroxylation is 1. The van der Waals surface area contributed by atoms with Crippen molar-refractivity contribution in [3.05, 3.63) is 59.4 Å². The lowest BCUT2D eigenvalue weighted by molar-refractivity contribution is 0.101. The van der Waals surface area contributed by atoms with Crippen LogP contribution in [-0.2, 0) is 12.6 Å². The van der Waals surface area contributed by atoms with Crippen molar-refractivity contribution in [1.29, 1.82) is 0 Å². The first-order valence-corrected chi connectivity index (χ1v) is 7.24. The quantitative estimate of drug-likeness (QED) is 0.877. The molecule has 0 aliphatic carbocycles. The molecule has 5 heteroatoms. The third-order valence-electron chi connectivity index (χ3n) is 4.26. The Bertz CT molecular complexity index is 747. The van der Waals surface area contributed by atoms with Gasteiger partial charge in [0.1, 0.15) is 5.54 Å². The number of aliphatic imine (C=N–C) groups is 1. The van der Waals surface area contributed by atoms with Crippen LogP contribution in [0.15, 0.2) is 47.6 Å². The van der Waals surface area contributed by atoms with Crippen LogP contribution in [0.3, 0.4) is 0 Å². The maximum atomic E-state index is 11.8. The number of nitrogens with two attached hydrogens (primary N) is 1. The molecule has 5 nitrogen and oxygen atoms in total. The van der Waals surface area contributed by atoms with Crippen LogP contribution in [0.1, 0.15) is 28.5 Å². The smallest absolute Gasteiger partial charge is 0.192 e. The molecule has 0 saturated heterocycles. The summed E-state index contributed by atoms with van der Waals surface area (Å²) in [6.45, 7) is 2.23. The lowest BCUT2D eigenvalue weighted by Crippen LogP contribution is -2.34. The molecule has 1 aliphatic heterocycles. The van der Waals surface area contributed by atoms with Gasteiger partial charge in [-0.3, -0.25) is 4.79 Å². The predicted molar refractivity (Wildman–Crippen MR) is 86.9 cm³/mol. The summed E-state index contributed by atoms with van der Waals surface area (Å²) >= 11 is 0. The highest BCUT2D eigenvalue weighted by Gasteiger charge is 2.41. The molecule has 2 heterocycles. The van der Waals surface area contributed by atoms with Crippen molar-refractivity contribution in [3.8, 4) is 0 Å². The van der Waals surface area contributed by atoms with Gasteiger partial charge in [0.15, 0.2) is 11.7 Å². The van der Waals surface area contributed by atoms with Crippen LogP contribution in [0.25, 0.3) is 0 Å². The zero-order valence-electron chi connectivity index (χ0n) is 13.1. The number of guanidine groups is 1. The number of hydrogen-bond donors (Lipinski definition) is 1. The second kappa shape index (κ2) is 5.02. The highest BCUT2D eigenvalue weighted by atomic mass is 16.1. The van der Waals surface area contributed by atoms with E-state index >= 15 is 0 Å². The van der Waals surface area contributed by atoms with Crippen molar-refractivity contribution in [1.82, 2.24) is 9.47 Å². The minimum absolute atomic E-state index is 0.0419. The van der Waals surface area contributed by atoms with E-state index in [0.717, 1.165) is 11.1 Å². The maximum Gasteiger partial charge on any atom is 0.192 e. The van der Waals surface area contributed by atoms with E-state index in [0.29, 0.717) is 18.2 Å². The molecular formula is C17H20N4O. The second-order valence-electron chi connectivity index (χ2n) is 5.83. The highest BCUT2D eigenvalue weighted by Crippen LogP contribution is 2.38. The molecule has 2 N–H and O–H groups in total. The molecular weight excluding hydrogens is 276 g/mol. The number of aromatic nitrogens is 1. The van der Waals surface area contributed by atoms with E-state index in [-0.39, 0.29) is 5.78 Å². The number of likely N-dealkylation sites (N-methyl/N-ethyl adjacent to an activating group) is 1. The van der Waals surface area contributed by atoms with Gasteiger partial charge in [-0.15, -0.1) is 0 Å². The third kappa shape index (κ3) is 2.09. The van der Waals surface area contributed by atoms with Crippen LogP contribution in [0.5, 0.6) is 0 Å². The molecule has 114 valence electrons. The van der Waals surface area contributed by atoms with E-state index in [4.69, 9.17) is 10.7 Å². The summed E-state index contributed by atoms with van der Waals surface area (Å²) < 4.78 is 1.85. The third-order valence-corrected chi connectivity index (χ3v) is 4.26. The van der Waals surface area contributed by atoms with E-state index in [1.54, 1.807) is 6.92 Å². The monoisotopic (exact) mass is 296 g/mol. The first kappa shape index (κ1) is 14.4. The van der Waals surface area contributed by atoms with E-state index in [9.17, 15) is 4.79 Å². The normalized spacial score (nSPS) is 21.0. The van der Waals surface area contributed by atoms with Crippen LogP contribution < -0.4 is 5.73 Å². The van der Waals surface area contributed by atoms with Gasteiger partial charge in [-0.1, -0.05) is 30.3 Å². The molecule has 0 fully saturated rings. The Kier molecular flexibility index (Phi) is 3.28. The lowest BCUT2D eigenvalue weighted by Gasteiger charge is -2.26. The number of carbonyl (C=O) groups excluding carboxylic acids is 1. The highest BCUT2D eigenvalue weighted by molar-refractivity contribution is 5.93. The summed E-state index contributed by atoms with van der Waals surface area (Å²) in [5.41, 5.74) is 8.20. The largest absolute Gasteiger partial charge is 0.370 e. The van der Waals surface area contributed by atoms with Gasteiger partial charge >= 0.3 is 0 Å². The first-order valence-electron chi connectivity index (χ1n) is 7.24. The number of nitrogens with zero attached hydrogens (tertiary/aromatic N) is 3. The number of hydrogen-bond acceptors (Lipinski definition) is 4. The summed E-state index contributed by atoms with van der Waals surface area (Å²) in [7, 11) is 3.81. The fourth-order valence-corrected chi connectivity index (χ4v) is 3.07. The van der Waals surface area contributed by atoms with E-state index in [2.05, 4.69) is 12.1 Å². The van der Waals surface area contributed by atoms with Crippen LogP contribution in [0.4, 0.5) is 0 Å². The second-order valence-corrected chi connectivity index (χ2v) is 5.83. The number of rotatable bonds is 3. The zero-order valence-corrected chi connectivity index (χ0v) is 13.1. The van der Waals surface area contributed by atoms with Crippen LogP contribution in [0.2, 0.25) is 0 Å². The van der Waals surface area contributed by atoms with Crippen LogP contribution in [0, 0.1) is 0 Å². The molecule has 0 amide bonds.